The summed E-state index contributed by atoms with van der Waals surface area (Å²) in [6, 6.07) is 16.7. The summed E-state index contributed by atoms with van der Waals surface area (Å²) < 4.78 is 15.9. The topological polar surface area (TPSA) is 139 Å². The Labute approximate surface area is 230 Å². The second-order valence-corrected chi connectivity index (χ2v) is 8.93. The van der Waals surface area contributed by atoms with Gasteiger partial charge in [-0.05, 0) is 60.9 Å². The van der Waals surface area contributed by atoms with Crippen LogP contribution in [0.4, 0.5) is 0 Å². The van der Waals surface area contributed by atoms with Gasteiger partial charge in [-0.3, -0.25) is 24.1 Å². The molecule has 204 valence electrons. The smallest absolute Gasteiger partial charge is 0.311 e. The Morgan fingerprint density at radius 1 is 1.00 bits per heavy atom. The number of amides is 3. The lowest BCUT2D eigenvalue weighted by Gasteiger charge is -2.13. The first-order chi connectivity index (χ1) is 19.4. The summed E-state index contributed by atoms with van der Waals surface area (Å²) >= 11 is 0. The predicted molar refractivity (Wildman–Crippen MR) is 143 cm³/mol. The van der Waals surface area contributed by atoms with E-state index in [-0.39, 0.29) is 48.4 Å². The van der Waals surface area contributed by atoms with Gasteiger partial charge in [0.15, 0.2) is 11.5 Å². The standard InChI is InChI=1S/C30H27N3O7/c1-38-26-17-20(16-21(18-31)28(35)32-19-22-8-7-15-39-22)12-13-25(26)40-27(34)11-3-2-6-14-33-29(36)23-9-4-5-10-24(23)30(33)37/h4-5,7-10,12-13,15-17H,2-3,6,11,14,19H2,1H3,(H,32,35)/b21-16+. The highest BCUT2D eigenvalue weighted by Crippen LogP contribution is 2.29. The molecule has 0 spiro atoms. The van der Waals surface area contributed by atoms with Crippen LogP contribution in [0.2, 0.25) is 0 Å². The molecular formula is C30H27N3O7. The van der Waals surface area contributed by atoms with Crippen LogP contribution in [-0.4, -0.2) is 42.2 Å². The van der Waals surface area contributed by atoms with Crippen LogP contribution < -0.4 is 14.8 Å². The summed E-state index contributed by atoms with van der Waals surface area (Å²) in [4.78, 5) is 50.9. The van der Waals surface area contributed by atoms with Crippen LogP contribution in [0.3, 0.4) is 0 Å². The average molecular weight is 542 g/mol. The number of hydrogen-bond acceptors (Lipinski definition) is 8. The van der Waals surface area contributed by atoms with E-state index in [1.807, 2.05) is 6.07 Å². The maximum atomic E-state index is 12.4. The minimum absolute atomic E-state index is 0.112. The van der Waals surface area contributed by atoms with E-state index in [1.54, 1.807) is 48.5 Å². The summed E-state index contributed by atoms with van der Waals surface area (Å²) in [7, 11) is 1.42. The zero-order valence-corrected chi connectivity index (χ0v) is 21.8. The fourth-order valence-corrected chi connectivity index (χ4v) is 4.18. The molecule has 2 heterocycles. The van der Waals surface area contributed by atoms with E-state index in [2.05, 4.69) is 5.32 Å². The highest BCUT2D eigenvalue weighted by atomic mass is 16.6. The number of carbonyl (C=O) groups excluding carboxylic acids is 4. The summed E-state index contributed by atoms with van der Waals surface area (Å²) in [5, 5.41) is 12.0. The Kier molecular flexibility index (Phi) is 9.10. The molecule has 0 fully saturated rings. The quantitative estimate of drug-likeness (QED) is 0.0896. The van der Waals surface area contributed by atoms with E-state index in [0.29, 0.717) is 41.7 Å². The number of imide groups is 1. The largest absolute Gasteiger partial charge is 0.493 e. The number of rotatable bonds is 12. The highest BCUT2D eigenvalue weighted by molar-refractivity contribution is 6.21. The molecule has 1 aliphatic heterocycles. The van der Waals surface area contributed by atoms with Gasteiger partial charge in [0.1, 0.15) is 17.4 Å². The zero-order chi connectivity index (χ0) is 28.5. The molecule has 0 aliphatic carbocycles. The fraction of sp³-hybridized carbons (Fsp3) is 0.233. The van der Waals surface area contributed by atoms with Crippen LogP contribution in [0.15, 0.2) is 70.9 Å². The minimum atomic E-state index is -0.559. The number of nitrogens with one attached hydrogen (secondary N) is 1. The Hall–Kier alpha value is -5.17. The van der Waals surface area contributed by atoms with Gasteiger partial charge in [0.2, 0.25) is 0 Å². The summed E-state index contributed by atoms with van der Waals surface area (Å²) in [5.41, 5.74) is 1.24. The van der Waals surface area contributed by atoms with Crippen LogP contribution in [0.1, 0.15) is 57.7 Å². The second-order valence-electron chi connectivity index (χ2n) is 8.93. The van der Waals surface area contributed by atoms with Gasteiger partial charge in [0.05, 0.1) is 31.0 Å². The molecule has 0 atom stereocenters. The van der Waals surface area contributed by atoms with Crippen molar-refractivity contribution in [2.24, 2.45) is 0 Å². The molecule has 1 aromatic heterocycles. The molecule has 0 saturated carbocycles. The third-order valence-corrected chi connectivity index (χ3v) is 6.23. The third-order valence-electron chi connectivity index (χ3n) is 6.23. The number of carbonyl (C=O) groups is 4. The number of esters is 1. The molecule has 0 radical (unpaired) electrons. The number of benzene rings is 2. The predicted octanol–water partition coefficient (Wildman–Crippen LogP) is 4.27. The van der Waals surface area contributed by atoms with Gasteiger partial charge in [0.25, 0.3) is 17.7 Å². The average Bonchev–Trinajstić information content (AvgIpc) is 3.58. The Morgan fingerprint density at radius 2 is 1.75 bits per heavy atom. The second kappa shape index (κ2) is 13.1. The van der Waals surface area contributed by atoms with E-state index in [1.165, 1.54) is 30.4 Å². The number of ether oxygens (including phenoxy) is 2. The fourth-order valence-electron chi connectivity index (χ4n) is 4.18. The molecule has 10 heteroatoms. The van der Waals surface area contributed by atoms with Crippen molar-refractivity contribution in [3.05, 3.63) is 88.9 Å². The zero-order valence-electron chi connectivity index (χ0n) is 21.8. The van der Waals surface area contributed by atoms with Gasteiger partial charge in [-0.15, -0.1) is 0 Å². The van der Waals surface area contributed by atoms with Crippen molar-refractivity contribution in [3.8, 4) is 17.6 Å². The van der Waals surface area contributed by atoms with Gasteiger partial charge in [-0.2, -0.15) is 5.26 Å². The number of hydrogen-bond donors (Lipinski definition) is 1. The van der Waals surface area contributed by atoms with E-state index in [9.17, 15) is 24.4 Å². The molecule has 10 nitrogen and oxygen atoms in total. The summed E-state index contributed by atoms with van der Waals surface area (Å²) in [6.07, 6.45) is 4.75. The molecule has 3 aromatic rings. The first-order valence-electron chi connectivity index (χ1n) is 12.7. The Morgan fingerprint density at radius 3 is 2.40 bits per heavy atom. The number of methoxy groups -OCH3 is 1. The van der Waals surface area contributed by atoms with Crippen molar-refractivity contribution in [3.63, 3.8) is 0 Å². The summed E-state index contributed by atoms with van der Waals surface area (Å²) in [6.45, 7) is 0.432. The monoisotopic (exact) mass is 541 g/mol. The van der Waals surface area contributed by atoms with Crippen LogP contribution in [0.25, 0.3) is 6.08 Å². The highest BCUT2D eigenvalue weighted by Gasteiger charge is 2.34. The maximum absolute atomic E-state index is 12.4. The molecule has 1 N–H and O–H groups in total. The van der Waals surface area contributed by atoms with Crippen molar-refractivity contribution in [2.45, 2.75) is 32.2 Å². The SMILES string of the molecule is COc1cc(/C=C(\C#N)C(=O)NCc2ccco2)ccc1OC(=O)CCCCCN1C(=O)c2ccccc2C1=O. The van der Waals surface area contributed by atoms with Gasteiger partial charge in [0, 0.05) is 13.0 Å². The maximum Gasteiger partial charge on any atom is 0.311 e. The third kappa shape index (κ3) is 6.63. The normalized spacial score (nSPS) is 12.6. The first kappa shape index (κ1) is 27.9. The van der Waals surface area contributed by atoms with Crippen LogP contribution in [-0.2, 0) is 16.1 Å². The van der Waals surface area contributed by atoms with Crippen molar-refractivity contribution in [1.29, 1.82) is 5.26 Å². The van der Waals surface area contributed by atoms with E-state index >= 15 is 0 Å². The lowest BCUT2D eigenvalue weighted by Crippen LogP contribution is -2.30. The lowest BCUT2D eigenvalue weighted by atomic mass is 10.1. The number of nitrogens with zero attached hydrogens (tertiary/aromatic N) is 2. The van der Waals surface area contributed by atoms with Gasteiger partial charge in [-0.25, -0.2) is 0 Å². The van der Waals surface area contributed by atoms with Gasteiger partial charge >= 0.3 is 5.97 Å². The molecular weight excluding hydrogens is 514 g/mol. The Balaban J connectivity index is 1.25. The minimum Gasteiger partial charge on any atom is -0.493 e. The van der Waals surface area contributed by atoms with E-state index in [0.717, 1.165) is 0 Å². The number of furan rings is 1. The molecule has 0 bridgehead atoms. The molecule has 0 saturated heterocycles. The Bertz CT molecular complexity index is 1450. The lowest BCUT2D eigenvalue weighted by molar-refractivity contribution is -0.134. The van der Waals surface area contributed by atoms with Crippen molar-refractivity contribution in [1.82, 2.24) is 10.2 Å². The molecule has 3 amide bonds. The van der Waals surface area contributed by atoms with E-state index < -0.39 is 11.9 Å². The molecule has 1 aliphatic rings. The van der Waals surface area contributed by atoms with Crippen molar-refractivity contribution < 1.29 is 33.1 Å². The van der Waals surface area contributed by atoms with Crippen LogP contribution in [0, 0.1) is 11.3 Å². The van der Waals surface area contributed by atoms with Gasteiger partial charge in [-0.1, -0.05) is 24.6 Å². The molecule has 40 heavy (non-hydrogen) atoms. The van der Waals surface area contributed by atoms with Crippen molar-refractivity contribution in [2.75, 3.05) is 13.7 Å². The summed E-state index contributed by atoms with van der Waals surface area (Å²) in [5.74, 6) is -0.573. The number of unbranched alkanes of at least 4 members (excludes halogenated alkanes) is 2. The van der Waals surface area contributed by atoms with Gasteiger partial charge < -0.3 is 19.2 Å². The first-order valence-corrected chi connectivity index (χ1v) is 12.7. The molecule has 0 unspecified atom stereocenters. The number of nitriles is 1. The molecule has 2 aromatic carbocycles. The number of fused-ring (bicyclic) bond motifs is 1. The van der Waals surface area contributed by atoms with Crippen molar-refractivity contribution >= 4 is 29.8 Å². The molecule has 4 rings (SSSR count). The van der Waals surface area contributed by atoms with E-state index in [4.69, 9.17) is 13.9 Å². The van der Waals surface area contributed by atoms with Crippen LogP contribution in [0.5, 0.6) is 11.5 Å². The van der Waals surface area contributed by atoms with Crippen LogP contribution >= 0.6 is 0 Å².